The normalized spacial score (nSPS) is 20.3. The molecule has 1 aromatic carbocycles. The molecule has 5 heteroatoms. The summed E-state index contributed by atoms with van der Waals surface area (Å²) in [5.41, 5.74) is 9.18. The molecule has 0 aliphatic heterocycles. The van der Waals surface area contributed by atoms with Gasteiger partial charge in [-0.15, -0.1) is 0 Å². The zero-order valence-electron chi connectivity index (χ0n) is 16.8. The van der Waals surface area contributed by atoms with E-state index in [0.29, 0.717) is 29.7 Å². The predicted octanol–water partition coefficient (Wildman–Crippen LogP) is 3.96. The summed E-state index contributed by atoms with van der Waals surface area (Å²) in [6.07, 6.45) is 3.01. The van der Waals surface area contributed by atoms with Gasteiger partial charge in [0.15, 0.2) is 0 Å². The van der Waals surface area contributed by atoms with Gasteiger partial charge in [0, 0.05) is 36.1 Å². The second-order valence-electron chi connectivity index (χ2n) is 7.65. The van der Waals surface area contributed by atoms with E-state index < -0.39 is 5.97 Å². The number of hydrogen-bond donors (Lipinski definition) is 2. The molecule has 1 aliphatic carbocycles. The second kappa shape index (κ2) is 8.89. The number of benzene rings is 1. The van der Waals surface area contributed by atoms with Gasteiger partial charge in [0.05, 0.1) is 0 Å². The third-order valence-electron chi connectivity index (χ3n) is 5.02. The summed E-state index contributed by atoms with van der Waals surface area (Å²) in [4.78, 5) is 18.3. The van der Waals surface area contributed by atoms with E-state index in [2.05, 4.69) is 23.4 Å². The number of nitrogens with two attached hydrogens (primary N) is 1. The van der Waals surface area contributed by atoms with Crippen molar-refractivity contribution in [1.29, 1.82) is 0 Å². The molecule has 1 fully saturated rings. The summed E-state index contributed by atoms with van der Waals surface area (Å²) in [5.74, 6) is 0.221. The first-order chi connectivity index (χ1) is 12.7. The van der Waals surface area contributed by atoms with Gasteiger partial charge in [-0.1, -0.05) is 31.7 Å². The number of carboxylic acid groups (broad SMARTS) is 1. The maximum absolute atomic E-state index is 11.6. The Kier molecular flexibility index (Phi) is 6.83. The van der Waals surface area contributed by atoms with Crippen LogP contribution in [-0.4, -0.2) is 35.9 Å². The van der Waals surface area contributed by atoms with Gasteiger partial charge in [-0.05, 0) is 56.7 Å². The molecule has 0 saturated heterocycles. The second-order valence-corrected chi connectivity index (χ2v) is 7.65. The maximum atomic E-state index is 11.6. The highest BCUT2D eigenvalue weighted by atomic mass is 16.4. The molecular formula is C22H31N3O2. The number of anilines is 1. The van der Waals surface area contributed by atoms with Crippen LogP contribution in [0.2, 0.25) is 0 Å². The van der Waals surface area contributed by atoms with E-state index in [4.69, 9.17) is 5.73 Å². The van der Waals surface area contributed by atoms with E-state index >= 15 is 0 Å². The fraction of sp³-hybridized carbons (Fsp3) is 0.455. The summed E-state index contributed by atoms with van der Waals surface area (Å²) in [7, 11) is 0. The number of aliphatic carboxylic acids is 1. The molecule has 1 saturated carbocycles. The zero-order chi connectivity index (χ0) is 20.1. The van der Waals surface area contributed by atoms with Crippen molar-refractivity contribution >= 4 is 23.4 Å². The predicted molar refractivity (Wildman–Crippen MR) is 113 cm³/mol. The number of carboxylic acids is 1. The van der Waals surface area contributed by atoms with Crippen LogP contribution in [0.15, 0.2) is 47.1 Å². The Morgan fingerprint density at radius 1 is 1.41 bits per heavy atom. The van der Waals surface area contributed by atoms with Crippen molar-refractivity contribution in [2.45, 2.75) is 40.2 Å². The fourth-order valence-corrected chi connectivity index (χ4v) is 3.20. The van der Waals surface area contributed by atoms with Gasteiger partial charge in [-0.25, -0.2) is 4.79 Å². The molecule has 0 radical (unpaired) electrons. The van der Waals surface area contributed by atoms with Crippen LogP contribution in [0.5, 0.6) is 0 Å². The molecule has 1 aromatic rings. The van der Waals surface area contributed by atoms with Crippen molar-refractivity contribution in [1.82, 2.24) is 0 Å². The topological polar surface area (TPSA) is 78.9 Å². The molecule has 3 N–H and O–H groups in total. The standard InChI is InChI=1S/C22H31N3O2/c1-6-17-7-9-19(10-8-17)25(12-18-11-15(18)4)13-20(21(23)22(26)27)16(5)24-14(2)3/h6-10,14-15,18H,1,11-13,23H2,2-5H3,(H,26,27)/b21-20-,24-16?. The largest absolute Gasteiger partial charge is 0.477 e. The number of rotatable bonds is 9. The zero-order valence-corrected chi connectivity index (χ0v) is 16.8. The van der Waals surface area contributed by atoms with E-state index in [1.165, 1.54) is 6.42 Å². The Morgan fingerprint density at radius 3 is 2.44 bits per heavy atom. The van der Waals surface area contributed by atoms with Crippen LogP contribution >= 0.6 is 0 Å². The van der Waals surface area contributed by atoms with Gasteiger partial charge in [0.25, 0.3) is 0 Å². The monoisotopic (exact) mass is 369 g/mol. The first-order valence-electron chi connectivity index (χ1n) is 9.47. The van der Waals surface area contributed by atoms with Crippen LogP contribution < -0.4 is 10.6 Å². The van der Waals surface area contributed by atoms with Crippen molar-refractivity contribution in [2.75, 3.05) is 18.0 Å². The third-order valence-corrected chi connectivity index (χ3v) is 5.02. The lowest BCUT2D eigenvalue weighted by molar-refractivity contribution is -0.132. The lowest BCUT2D eigenvalue weighted by Crippen LogP contribution is -2.33. The average molecular weight is 370 g/mol. The van der Waals surface area contributed by atoms with E-state index in [1.54, 1.807) is 0 Å². The van der Waals surface area contributed by atoms with Crippen LogP contribution in [0, 0.1) is 11.8 Å². The van der Waals surface area contributed by atoms with Gasteiger partial charge in [0.2, 0.25) is 0 Å². The lowest BCUT2D eigenvalue weighted by atomic mass is 10.1. The summed E-state index contributed by atoms with van der Waals surface area (Å²) < 4.78 is 0. The first kappa shape index (κ1) is 20.7. The van der Waals surface area contributed by atoms with Gasteiger partial charge in [-0.3, -0.25) is 4.99 Å². The Bertz CT molecular complexity index is 747. The number of carbonyl (C=O) groups is 1. The van der Waals surface area contributed by atoms with E-state index in [0.717, 1.165) is 17.8 Å². The first-order valence-corrected chi connectivity index (χ1v) is 9.47. The minimum absolute atomic E-state index is 0.0744. The maximum Gasteiger partial charge on any atom is 0.352 e. The fourth-order valence-electron chi connectivity index (χ4n) is 3.20. The Hall–Kier alpha value is -2.56. The number of nitrogens with zero attached hydrogens (tertiary/aromatic N) is 2. The molecule has 0 heterocycles. The molecule has 1 aliphatic rings. The molecule has 146 valence electrons. The molecule has 0 bridgehead atoms. The van der Waals surface area contributed by atoms with E-state index in [-0.39, 0.29) is 11.7 Å². The van der Waals surface area contributed by atoms with Crippen molar-refractivity contribution in [3.63, 3.8) is 0 Å². The molecule has 0 aromatic heterocycles. The SMILES string of the molecule is C=Cc1ccc(N(C/C(C(C)=NC(C)C)=C(/N)C(=O)O)CC2CC2C)cc1. The van der Waals surface area contributed by atoms with Gasteiger partial charge in [-0.2, -0.15) is 0 Å². The minimum Gasteiger partial charge on any atom is -0.477 e. The van der Waals surface area contributed by atoms with Crippen molar-refractivity contribution in [3.8, 4) is 0 Å². The third kappa shape index (κ3) is 5.71. The molecular weight excluding hydrogens is 338 g/mol. The van der Waals surface area contributed by atoms with Crippen LogP contribution in [0.25, 0.3) is 6.08 Å². The summed E-state index contributed by atoms with van der Waals surface area (Å²) >= 11 is 0. The van der Waals surface area contributed by atoms with Crippen LogP contribution in [0.3, 0.4) is 0 Å². The minimum atomic E-state index is -1.11. The summed E-state index contributed by atoms with van der Waals surface area (Å²) in [6.45, 7) is 13.1. The highest BCUT2D eigenvalue weighted by Crippen LogP contribution is 2.39. The molecule has 5 nitrogen and oxygen atoms in total. The quantitative estimate of drug-likeness (QED) is 0.510. The molecule has 2 rings (SSSR count). The Balaban J connectivity index is 2.38. The molecule has 0 spiro atoms. The lowest BCUT2D eigenvalue weighted by Gasteiger charge is -2.27. The van der Waals surface area contributed by atoms with Gasteiger partial charge >= 0.3 is 5.97 Å². The molecule has 0 amide bonds. The summed E-state index contributed by atoms with van der Waals surface area (Å²) in [6, 6.07) is 8.21. The highest BCUT2D eigenvalue weighted by Gasteiger charge is 2.34. The molecule has 27 heavy (non-hydrogen) atoms. The molecule has 2 unspecified atom stereocenters. The Morgan fingerprint density at radius 2 is 2.00 bits per heavy atom. The van der Waals surface area contributed by atoms with Gasteiger partial charge in [0.1, 0.15) is 5.70 Å². The van der Waals surface area contributed by atoms with E-state index in [1.807, 2.05) is 51.1 Å². The number of aliphatic imine (C=N–C) groups is 1. The average Bonchev–Trinajstić information content (AvgIpc) is 3.32. The summed E-state index contributed by atoms with van der Waals surface area (Å²) in [5, 5.41) is 9.46. The Labute approximate surface area is 162 Å². The number of hydrogen-bond acceptors (Lipinski definition) is 4. The van der Waals surface area contributed by atoms with Crippen molar-refractivity contribution in [2.24, 2.45) is 22.6 Å². The van der Waals surface area contributed by atoms with Crippen molar-refractivity contribution < 1.29 is 9.90 Å². The van der Waals surface area contributed by atoms with Crippen LogP contribution in [-0.2, 0) is 4.79 Å². The van der Waals surface area contributed by atoms with Gasteiger partial charge < -0.3 is 15.7 Å². The van der Waals surface area contributed by atoms with Crippen LogP contribution in [0.1, 0.15) is 39.7 Å². The van der Waals surface area contributed by atoms with Crippen LogP contribution in [0.4, 0.5) is 5.69 Å². The molecule has 2 atom stereocenters. The van der Waals surface area contributed by atoms with Crippen molar-refractivity contribution in [3.05, 3.63) is 47.7 Å². The highest BCUT2D eigenvalue weighted by molar-refractivity contribution is 6.05. The smallest absolute Gasteiger partial charge is 0.352 e. The van der Waals surface area contributed by atoms with E-state index in [9.17, 15) is 9.90 Å².